The van der Waals surface area contributed by atoms with Gasteiger partial charge in [0.25, 0.3) is 6.47 Å². The van der Waals surface area contributed by atoms with Crippen LogP contribution in [0.2, 0.25) is 0 Å². The standard InChI is InChI=1S/C14H13BrO2/c1-9-6-5-7-13(11(3)15)14(9)10(2)12(4)17-8-16/h5-8H,2-4H2,1H3. The van der Waals surface area contributed by atoms with E-state index in [1.807, 2.05) is 25.1 Å². The molecule has 17 heavy (non-hydrogen) atoms. The lowest BCUT2D eigenvalue weighted by Gasteiger charge is -2.14. The lowest BCUT2D eigenvalue weighted by Crippen LogP contribution is -1.98. The first-order chi connectivity index (χ1) is 7.99. The Balaban J connectivity index is 3.29. The molecule has 3 heteroatoms. The number of allylic oxidation sites excluding steroid dienone is 1. The van der Waals surface area contributed by atoms with E-state index in [1.54, 1.807) is 0 Å². The molecule has 1 rings (SSSR count). The maximum Gasteiger partial charge on any atom is 0.298 e. The number of rotatable bonds is 5. The zero-order valence-corrected chi connectivity index (χ0v) is 11.2. The number of hydrogen-bond donors (Lipinski definition) is 0. The van der Waals surface area contributed by atoms with E-state index in [2.05, 4.69) is 35.7 Å². The fraction of sp³-hybridized carbons (Fsp3) is 0.0714. The number of ether oxygens (including phenoxy) is 1. The largest absolute Gasteiger partial charge is 0.429 e. The van der Waals surface area contributed by atoms with Gasteiger partial charge in [-0.2, -0.15) is 0 Å². The molecule has 0 N–H and O–H groups in total. The predicted octanol–water partition coefficient (Wildman–Crippen LogP) is 4.06. The number of carbonyl (C=O) groups excluding carboxylic acids is 1. The second-order valence-electron chi connectivity index (χ2n) is 3.52. The molecular formula is C14H13BrO2. The Bertz CT molecular complexity index is 501. The highest BCUT2D eigenvalue weighted by Gasteiger charge is 2.13. The summed E-state index contributed by atoms with van der Waals surface area (Å²) >= 11 is 3.35. The van der Waals surface area contributed by atoms with Crippen molar-refractivity contribution in [1.29, 1.82) is 0 Å². The summed E-state index contributed by atoms with van der Waals surface area (Å²) in [5, 5.41) is 0. The third-order valence-electron chi connectivity index (χ3n) is 2.39. The quantitative estimate of drug-likeness (QED) is 0.465. The fourth-order valence-electron chi connectivity index (χ4n) is 1.56. The van der Waals surface area contributed by atoms with Gasteiger partial charge in [-0.25, -0.2) is 0 Å². The van der Waals surface area contributed by atoms with E-state index in [0.29, 0.717) is 12.0 Å². The van der Waals surface area contributed by atoms with Gasteiger partial charge in [-0.15, -0.1) is 0 Å². The molecule has 88 valence electrons. The lowest BCUT2D eigenvalue weighted by molar-refractivity contribution is -0.124. The Morgan fingerprint density at radius 1 is 1.35 bits per heavy atom. The van der Waals surface area contributed by atoms with E-state index in [9.17, 15) is 4.79 Å². The first-order valence-corrected chi connectivity index (χ1v) is 5.71. The molecule has 0 bridgehead atoms. The Labute approximate surface area is 109 Å². The molecule has 0 saturated heterocycles. The van der Waals surface area contributed by atoms with Crippen LogP contribution in [0.3, 0.4) is 0 Å². The van der Waals surface area contributed by atoms with Crippen LogP contribution in [-0.2, 0) is 9.53 Å². The third kappa shape index (κ3) is 2.94. The van der Waals surface area contributed by atoms with Crippen molar-refractivity contribution in [2.75, 3.05) is 0 Å². The van der Waals surface area contributed by atoms with Crippen LogP contribution in [0, 0.1) is 6.92 Å². The van der Waals surface area contributed by atoms with E-state index in [-0.39, 0.29) is 5.76 Å². The Morgan fingerprint density at radius 2 is 2.00 bits per heavy atom. The summed E-state index contributed by atoms with van der Waals surface area (Å²) in [6.07, 6.45) is 0. The van der Waals surface area contributed by atoms with Crippen molar-refractivity contribution in [3.8, 4) is 0 Å². The Kier molecular flexibility index (Phi) is 4.46. The average molecular weight is 293 g/mol. The van der Waals surface area contributed by atoms with Crippen LogP contribution in [-0.4, -0.2) is 6.47 Å². The normalized spacial score (nSPS) is 9.53. The molecular weight excluding hydrogens is 280 g/mol. The fourth-order valence-corrected chi connectivity index (χ4v) is 1.89. The third-order valence-corrected chi connectivity index (χ3v) is 2.82. The number of benzene rings is 1. The van der Waals surface area contributed by atoms with Crippen molar-refractivity contribution in [1.82, 2.24) is 0 Å². The van der Waals surface area contributed by atoms with Crippen molar-refractivity contribution in [3.05, 3.63) is 60.4 Å². The van der Waals surface area contributed by atoms with E-state index in [0.717, 1.165) is 21.2 Å². The van der Waals surface area contributed by atoms with Gasteiger partial charge in [-0.05, 0) is 23.6 Å². The van der Waals surface area contributed by atoms with Crippen molar-refractivity contribution in [2.45, 2.75) is 6.92 Å². The highest BCUT2D eigenvalue weighted by atomic mass is 79.9. The van der Waals surface area contributed by atoms with Crippen LogP contribution in [0.4, 0.5) is 0 Å². The van der Waals surface area contributed by atoms with Gasteiger partial charge in [-0.1, -0.05) is 53.9 Å². The molecule has 0 fully saturated rings. The summed E-state index contributed by atoms with van der Waals surface area (Å²) in [7, 11) is 0. The first-order valence-electron chi connectivity index (χ1n) is 4.92. The number of halogens is 1. The van der Waals surface area contributed by atoms with Crippen molar-refractivity contribution in [3.63, 3.8) is 0 Å². The molecule has 1 aromatic rings. The summed E-state index contributed by atoms with van der Waals surface area (Å²) in [6.45, 7) is 13.7. The monoisotopic (exact) mass is 292 g/mol. The summed E-state index contributed by atoms with van der Waals surface area (Å²) < 4.78 is 5.47. The molecule has 0 atom stereocenters. The molecule has 0 spiro atoms. The molecule has 0 aliphatic carbocycles. The molecule has 0 saturated carbocycles. The topological polar surface area (TPSA) is 26.3 Å². The SMILES string of the molecule is C=C(OC=O)C(=C)c1c(C)cccc1C(=C)Br. The minimum absolute atomic E-state index is 0.240. The first kappa shape index (κ1) is 13.5. The van der Waals surface area contributed by atoms with Gasteiger partial charge in [0, 0.05) is 10.1 Å². The van der Waals surface area contributed by atoms with Crippen LogP contribution < -0.4 is 0 Å². The van der Waals surface area contributed by atoms with Gasteiger partial charge in [0.1, 0.15) is 5.76 Å². The molecule has 0 radical (unpaired) electrons. The van der Waals surface area contributed by atoms with Gasteiger partial charge in [-0.3, -0.25) is 4.79 Å². The Morgan fingerprint density at radius 3 is 2.53 bits per heavy atom. The highest BCUT2D eigenvalue weighted by Crippen LogP contribution is 2.32. The summed E-state index contributed by atoms with van der Waals surface area (Å²) in [5.41, 5.74) is 3.38. The minimum Gasteiger partial charge on any atom is -0.429 e. The summed E-state index contributed by atoms with van der Waals surface area (Å²) in [5.74, 6) is 0.240. The molecule has 0 amide bonds. The lowest BCUT2D eigenvalue weighted by atomic mass is 9.95. The van der Waals surface area contributed by atoms with Crippen LogP contribution in [0.25, 0.3) is 10.1 Å². The van der Waals surface area contributed by atoms with E-state index in [1.165, 1.54) is 0 Å². The molecule has 1 aromatic carbocycles. The smallest absolute Gasteiger partial charge is 0.298 e. The molecule has 0 aromatic heterocycles. The van der Waals surface area contributed by atoms with Crippen molar-refractivity contribution < 1.29 is 9.53 Å². The van der Waals surface area contributed by atoms with Gasteiger partial charge in [0.05, 0.1) is 0 Å². The van der Waals surface area contributed by atoms with Gasteiger partial charge in [0.2, 0.25) is 0 Å². The van der Waals surface area contributed by atoms with Crippen molar-refractivity contribution in [2.24, 2.45) is 0 Å². The molecule has 0 aliphatic heterocycles. The van der Waals surface area contributed by atoms with Crippen LogP contribution in [0.5, 0.6) is 0 Å². The summed E-state index contributed by atoms with van der Waals surface area (Å²) in [6, 6.07) is 5.80. The maximum atomic E-state index is 10.3. The molecule has 0 unspecified atom stereocenters. The Hall–Kier alpha value is -1.61. The molecule has 2 nitrogen and oxygen atoms in total. The van der Waals surface area contributed by atoms with E-state index < -0.39 is 0 Å². The number of aryl methyl sites for hydroxylation is 1. The maximum absolute atomic E-state index is 10.3. The second-order valence-corrected chi connectivity index (χ2v) is 4.48. The predicted molar refractivity (Wildman–Crippen MR) is 74.5 cm³/mol. The van der Waals surface area contributed by atoms with Gasteiger partial charge >= 0.3 is 0 Å². The van der Waals surface area contributed by atoms with Gasteiger partial charge < -0.3 is 4.74 Å². The molecule has 0 aliphatic rings. The van der Waals surface area contributed by atoms with E-state index in [4.69, 9.17) is 4.74 Å². The number of carbonyl (C=O) groups is 1. The zero-order chi connectivity index (χ0) is 13.0. The van der Waals surface area contributed by atoms with E-state index >= 15 is 0 Å². The highest BCUT2D eigenvalue weighted by molar-refractivity contribution is 9.15. The minimum atomic E-state index is 0.240. The molecule has 0 heterocycles. The second kappa shape index (κ2) is 5.64. The van der Waals surface area contributed by atoms with Crippen molar-refractivity contribution >= 4 is 32.5 Å². The van der Waals surface area contributed by atoms with Crippen LogP contribution in [0.1, 0.15) is 16.7 Å². The van der Waals surface area contributed by atoms with Gasteiger partial charge in [0.15, 0.2) is 0 Å². The number of hydrogen-bond acceptors (Lipinski definition) is 2. The van der Waals surface area contributed by atoms with Crippen LogP contribution >= 0.6 is 15.9 Å². The zero-order valence-electron chi connectivity index (χ0n) is 9.63. The summed E-state index contributed by atoms with van der Waals surface area (Å²) in [4.78, 5) is 10.3. The average Bonchev–Trinajstić information content (AvgIpc) is 2.28. The van der Waals surface area contributed by atoms with Crippen LogP contribution in [0.15, 0.2) is 43.7 Å².